The van der Waals surface area contributed by atoms with Crippen LogP contribution >= 0.6 is 0 Å². The highest BCUT2D eigenvalue weighted by Crippen LogP contribution is 2.66. The van der Waals surface area contributed by atoms with Gasteiger partial charge in [0.25, 0.3) is 0 Å². The summed E-state index contributed by atoms with van der Waals surface area (Å²) in [5.41, 5.74) is 0.646. The number of hydrogen-bond donors (Lipinski definition) is 2. The molecule has 0 spiro atoms. The van der Waals surface area contributed by atoms with Crippen LogP contribution in [0.5, 0.6) is 0 Å². The molecular formula is C20H27NO3. The van der Waals surface area contributed by atoms with E-state index in [9.17, 15) is 9.90 Å². The number of rotatable bonds is 3. The van der Waals surface area contributed by atoms with Crippen molar-refractivity contribution >= 4 is 6.09 Å². The van der Waals surface area contributed by atoms with E-state index in [1.54, 1.807) is 0 Å². The maximum atomic E-state index is 12.3. The van der Waals surface area contributed by atoms with Gasteiger partial charge in [0, 0.05) is 6.04 Å². The molecule has 4 nitrogen and oxygen atoms in total. The van der Waals surface area contributed by atoms with Gasteiger partial charge in [0.15, 0.2) is 0 Å². The van der Waals surface area contributed by atoms with E-state index in [-0.39, 0.29) is 23.0 Å². The minimum absolute atomic E-state index is 0.0331. The lowest BCUT2D eigenvalue weighted by molar-refractivity contribution is -0.203. The zero-order chi connectivity index (χ0) is 17.0. The number of carbonyl (C=O) groups is 1. The minimum atomic E-state index is -0.531. The van der Waals surface area contributed by atoms with Crippen LogP contribution in [0.4, 0.5) is 4.79 Å². The van der Waals surface area contributed by atoms with Crippen molar-refractivity contribution < 1.29 is 14.6 Å². The molecule has 24 heavy (non-hydrogen) atoms. The fourth-order valence-corrected chi connectivity index (χ4v) is 6.40. The summed E-state index contributed by atoms with van der Waals surface area (Å²) in [6.45, 7) is 4.82. The van der Waals surface area contributed by atoms with Crippen molar-refractivity contribution in [2.75, 3.05) is 0 Å². The van der Waals surface area contributed by atoms with E-state index >= 15 is 0 Å². The molecule has 2 N–H and O–H groups in total. The van der Waals surface area contributed by atoms with E-state index in [0.717, 1.165) is 37.7 Å². The zero-order valence-electron chi connectivity index (χ0n) is 14.5. The number of aliphatic hydroxyl groups is 1. The third-order valence-corrected chi connectivity index (χ3v) is 6.42. The molecule has 1 aromatic carbocycles. The quantitative estimate of drug-likeness (QED) is 0.890. The Labute approximate surface area is 143 Å². The monoisotopic (exact) mass is 329 g/mol. The number of nitrogens with one attached hydrogen (secondary N) is 1. The summed E-state index contributed by atoms with van der Waals surface area (Å²) in [6.07, 6.45) is 4.33. The molecular weight excluding hydrogens is 302 g/mol. The lowest BCUT2D eigenvalue weighted by atomic mass is 9.42. The van der Waals surface area contributed by atoms with Crippen molar-refractivity contribution in [3.05, 3.63) is 35.9 Å². The van der Waals surface area contributed by atoms with Gasteiger partial charge in [-0.3, -0.25) is 0 Å². The molecule has 4 saturated carbocycles. The van der Waals surface area contributed by atoms with E-state index in [0.29, 0.717) is 12.5 Å². The predicted molar refractivity (Wildman–Crippen MR) is 91.3 cm³/mol. The van der Waals surface area contributed by atoms with Gasteiger partial charge in [-0.2, -0.15) is 0 Å². The van der Waals surface area contributed by atoms with Crippen LogP contribution in [0.25, 0.3) is 0 Å². The SMILES string of the molecule is CC12CC3CC(O)(C1)CC(C)(C2)C3NC(=O)OCc1ccccc1. The summed E-state index contributed by atoms with van der Waals surface area (Å²) < 4.78 is 5.42. The van der Waals surface area contributed by atoms with Gasteiger partial charge in [-0.25, -0.2) is 4.79 Å². The van der Waals surface area contributed by atoms with Crippen molar-refractivity contribution in [1.82, 2.24) is 5.32 Å². The molecule has 0 heterocycles. The Balaban J connectivity index is 1.43. The largest absolute Gasteiger partial charge is 0.445 e. The second-order valence-electron chi connectivity index (χ2n) is 9.07. The van der Waals surface area contributed by atoms with Crippen molar-refractivity contribution in [2.24, 2.45) is 16.7 Å². The van der Waals surface area contributed by atoms with Crippen LogP contribution in [0.15, 0.2) is 30.3 Å². The first kappa shape index (κ1) is 15.9. The second-order valence-corrected chi connectivity index (χ2v) is 9.07. The topological polar surface area (TPSA) is 58.6 Å². The average molecular weight is 329 g/mol. The molecule has 0 aliphatic heterocycles. The normalized spacial score (nSPS) is 42.8. The molecule has 0 saturated heterocycles. The Hall–Kier alpha value is -1.55. The van der Waals surface area contributed by atoms with Crippen LogP contribution in [-0.2, 0) is 11.3 Å². The number of hydrogen-bond acceptors (Lipinski definition) is 3. The van der Waals surface area contributed by atoms with Crippen LogP contribution in [0.2, 0.25) is 0 Å². The molecule has 4 heteroatoms. The number of ether oxygens (including phenoxy) is 1. The summed E-state index contributed by atoms with van der Waals surface area (Å²) in [6, 6.07) is 9.84. The van der Waals surface area contributed by atoms with Crippen LogP contribution in [0, 0.1) is 16.7 Å². The van der Waals surface area contributed by atoms with Gasteiger partial charge in [0.1, 0.15) is 6.61 Å². The molecule has 4 bridgehead atoms. The Morgan fingerprint density at radius 1 is 1.21 bits per heavy atom. The number of amides is 1. The summed E-state index contributed by atoms with van der Waals surface area (Å²) in [4.78, 5) is 12.3. The van der Waals surface area contributed by atoms with Crippen molar-refractivity contribution in [2.45, 2.75) is 64.2 Å². The van der Waals surface area contributed by atoms with E-state index in [4.69, 9.17) is 4.74 Å². The van der Waals surface area contributed by atoms with Gasteiger partial charge in [-0.15, -0.1) is 0 Å². The number of carbonyl (C=O) groups excluding carboxylic acids is 1. The van der Waals surface area contributed by atoms with Crippen LogP contribution in [0.1, 0.15) is 51.5 Å². The fraction of sp³-hybridized carbons (Fsp3) is 0.650. The number of benzene rings is 1. The fourth-order valence-electron chi connectivity index (χ4n) is 6.40. The highest BCUT2D eigenvalue weighted by Gasteiger charge is 2.64. The van der Waals surface area contributed by atoms with Crippen molar-refractivity contribution in [3.8, 4) is 0 Å². The molecule has 5 atom stereocenters. The van der Waals surface area contributed by atoms with Gasteiger partial charge in [0.2, 0.25) is 0 Å². The Kier molecular flexibility index (Phi) is 3.47. The molecule has 4 aliphatic rings. The molecule has 0 aromatic heterocycles. The maximum absolute atomic E-state index is 12.3. The first-order chi connectivity index (χ1) is 11.3. The number of alkyl carbamates (subject to hydrolysis) is 1. The predicted octanol–water partition coefficient (Wildman–Crippen LogP) is 3.63. The minimum Gasteiger partial charge on any atom is -0.445 e. The van der Waals surface area contributed by atoms with Gasteiger partial charge in [0.05, 0.1) is 5.60 Å². The zero-order valence-corrected chi connectivity index (χ0v) is 14.5. The summed E-state index contributed by atoms with van der Waals surface area (Å²) in [5.74, 6) is 0.352. The summed E-state index contributed by atoms with van der Waals surface area (Å²) >= 11 is 0. The summed E-state index contributed by atoms with van der Waals surface area (Å²) in [5, 5.41) is 14.0. The van der Waals surface area contributed by atoms with Crippen molar-refractivity contribution in [1.29, 1.82) is 0 Å². The standard InChI is InChI=1S/C20H27NO3/c1-18-8-15-9-20(23,12-18)13-19(2,11-18)16(15)21-17(22)24-10-14-6-4-3-5-7-14/h3-7,15-16,23H,8-13H2,1-2H3,(H,21,22). The average Bonchev–Trinajstić information content (AvgIpc) is 2.47. The lowest BCUT2D eigenvalue weighted by Gasteiger charge is -2.66. The van der Waals surface area contributed by atoms with Gasteiger partial charge in [-0.1, -0.05) is 44.2 Å². The Morgan fingerprint density at radius 3 is 2.62 bits per heavy atom. The lowest BCUT2D eigenvalue weighted by Crippen LogP contribution is -2.68. The highest BCUT2D eigenvalue weighted by molar-refractivity contribution is 5.68. The first-order valence-electron chi connectivity index (χ1n) is 8.99. The van der Waals surface area contributed by atoms with Crippen LogP contribution in [-0.4, -0.2) is 22.8 Å². The molecule has 1 amide bonds. The van der Waals surface area contributed by atoms with E-state index < -0.39 is 5.60 Å². The van der Waals surface area contributed by atoms with Crippen molar-refractivity contribution in [3.63, 3.8) is 0 Å². The smallest absolute Gasteiger partial charge is 0.407 e. The highest BCUT2D eigenvalue weighted by atomic mass is 16.5. The van der Waals surface area contributed by atoms with E-state index in [1.165, 1.54) is 0 Å². The maximum Gasteiger partial charge on any atom is 0.407 e. The van der Waals surface area contributed by atoms with Crippen LogP contribution < -0.4 is 5.32 Å². The summed E-state index contributed by atoms with van der Waals surface area (Å²) in [7, 11) is 0. The Morgan fingerprint density at radius 2 is 1.96 bits per heavy atom. The molecule has 1 aromatic rings. The second kappa shape index (κ2) is 5.22. The van der Waals surface area contributed by atoms with E-state index in [1.807, 2.05) is 30.3 Å². The van der Waals surface area contributed by atoms with Gasteiger partial charge in [-0.05, 0) is 54.4 Å². The third-order valence-electron chi connectivity index (χ3n) is 6.42. The molecule has 5 unspecified atom stereocenters. The van der Waals surface area contributed by atoms with Crippen LogP contribution in [0.3, 0.4) is 0 Å². The van der Waals surface area contributed by atoms with E-state index in [2.05, 4.69) is 19.2 Å². The first-order valence-corrected chi connectivity index (χ1v) is 8.99. The molecule has 130 valence electrons. The van der Waals surface area contributed by atoms with Gasteiger partial charge < -0.3 is 15.2 Å². The molecule has 0 radical (unpaired) electrons. The molecule has 4 fully saturated rings. The molecule has 5 rings (SSSR count). The molecule has 4 aliphatic carbocycles. The third kappa shape index (κ3) is 2.71. The van der Waals surface area contributed by atoms with Gasteiger partial charge >= 0.3 is 6.09 Å². The Bertz CT molecular complexity index is 626.